The van der Waals surface area contributed by atoms with Crippen LogP contribution in [0.2, 0.25) is 0 Å². The molecule has 0 amide bonds. The average Bonchev–Trinajstić information content (AvgIpc) is 2.34. The van der Waals surface area contributed by atoms with E-state index in [1.807, 2.05) is 6.92 Å². The van der Waals surface area contributed by atoms with Crippen molar-refractivity contribution in [3.63, 3.8) is 0 Å². The number of aryl methyl sites for hydroxylation is 1. The number of ether oxygens (including phenoxy) is 1. The summed E-state index contributed by atoms with van der Waals surface area (Å²) in [6.07, 6.45) is 1.63. The Morgan fingerprint density at radius 3 is 2.67 bits per heavy atom. The van der Waals surface area contributed by atoms with Gasteiger partial charge in [0.2, 0.25) is 10.0 Å². The van der Waals surface area contributed by atoms with Crippen molar-refractivity contribution >= 4 is 10.0 Å². The Balaban J connectivity index is 2.45. The Labute approximate surface area is 108 Å². The summed E-state index contributed by atoms with van der Waals surface area (Å²) in [7, 11) is -3.44. The molecule has 0 bridgehead atoms. The van der Waals surface area contributed by atoms with Crippen molar-refractivity contribution in [3.8, 4) is 0 Å². The highest BCUT2D eigenvalue weighted by Crippen LogP contribution is 2.09. The highest BCUT2D eigenvalue weighted by Gasteiger charge is 2.12. The molecule has 0 aliphatic rings. The van der Waals surface area contributed by atoms with Gasteiger partial charge in [-0.3, -0.25) is 0 Å². The lowest BCUT2D eigenvalue weighted by Gasteiger charge is -2.06. The van der Waals surface area contributed by atoms with E-state index in [0.717, 1.165) is 5.56 Å². The second kappa shape index (κ2) is 7.13. The Hall–Kier alpha value is -1.39. The molecule has 0 aliphatic heterocycles. The zero-order valence-corrected chi connectivity index (χ0v) is 11.2. The highest BCUT2D eigenvalue weighted by molar-refractivity contribution is 7.89. The number of hydrogen-bond acceptors (Lipinski definition) is 3. The number of sulfonamides is 1. The highest BCUT2D eigenvalue weighted by atomic mass is 32.2. The van der Waals surface area contributed by atoms with Gasteiger partial charge in [0, 0.05) is 6.54 Å². The predicted octanol–water partition coefficient (Wildman–Crippen LogP) is 1.63. The third-order valence-electron chi connectivity index (χ3n) is 2.22. The quantitative estimate of drug-likeness (QED) is 0.603. The molecule has 0 radical (unpaired) electrons. The summed E-state index contributed by atoms with van der Waals surface area (Å²) in [5.41, 5.74) is 3.59. The molecule has 0 atom stereocenters. The maximum absolute atomic E-state index is 11.8. The minimum absolute atomic E-state index is 0.237. The van der Waals surface area contributed by atoms with Crippen LogP contribution in [-0.2, 0) is 14.8 Å². The summed E-state index contributed by atoms with van der Waals surface area (Å²) in [5, 5.41) is 0. The van der Waals surface area contributed by atoms with Crippen molar-refractivity contribution in [3.05, 3.63) is 48.2 Å². The Kier molecular flexibility index (Phi) is 5.82. The third kappa shape index (κ3) is 4.85. The van der Waals surface area contributed by atoms with Crippen molar-refractivity contribution in [1.29, 1.82) is 0 Å². The molecule has 18 heavy (non-hydrogen) atoms. The van der Waals surface area contributed by atoms with Crippen LogP contribution < -0.4 is 4.72 Å². The van der Waals surface area contributed by atoms with Crippen LogP contribution in [0.25, 0.3) is 0 Å². The predicted molar refractivity (Wildman–Crippen MR) is 70.9 cm³/mol. The number of rotatable bonds is 7. The second-order valence-corrected chi connectivity index (χ2v) is 5.46. The van der Waals surface area contributed by atoms with Crippen molar-refractivity contribution in [2.24, 2.45) is 0 Å². The molecular formula is C13H17NO3S. The van der Waals surface area contributed by atoms with Gasteiger partial charge in [0.1, 0.15) is 0 Å². The molecule has 1 rings (SSSR count). The van der Waals surface area contributed by atoms with Gasteiger partial charge in [-0.05, 0) is 25.1 Å². The van der Waals surface area contributed by atoms with Gasteiger partial charge in [-0.2, -0.15) is 0 Å². The smallest absolute Gasteiger partial charge is 0.240 e. The van der Waals surface area contributed by atoms with Gasteiger partial charge >= 0.3 is 0 Å². The van der Waals surface area contributed by atoms with E-state index >= 15 is 0 Å². The van der Waals surface area contributed by atoms with E-state index in [1.165, 1.54) is 0 Å². The molecule has 0 spiro atoms. The van der Waals surface area contributed by atoms with Crippen LogP contribution in [0.15, 0.2) is 47.5 Å². The van der Waals surface area contributed by atoms with Crippen molar-refractivity contribution < 1.29 is 13.2 Å². The van der Waals surface area contributed by atoms with Gasteiger partial charge in [-0.15, -0.1) is 5.73 Å². The largest absolute Gasteiger partial charge is 0.375 e. The SMILES string of the molecule is C=C=CCOCCNS(=O)(=O)c1ccc(C)cc1. The molecule has 0 saturated heterocycles. The molecule has 0 fully saturated rings. The van der Waals surface area contributed by atoms with Crippen LogP contribution in [0.1, 0.15) is 5.56 Å². The molecule has 1 aromatic carbocycles. The maximum atomic E-state index is 11.8. The molecular weight excluding hydrogens is 250 g/mol. The summed E-state index contributed by atoms with van der Waals surface area (Å²) in [6, 6.07) is 6.69. The second-order valence-electron chi connectivity index (χ2n) is 3.69. The van der Waals surface area contributed by atoms with E-state index in [4.69, 9.17) is 4.74 Å². The third-order valence-corrected chi connectivity index (χ3v) is 3.69. The van der Waals surface area contributed by atoms with Crippen LogP contribution in [0.3, 0.4) is 0 Å². The normalized spacial score (nSPS) is 10.9. The molecule has 1 aromatic rings. The van der Waals surface area contributed by atoms with Gasteiger partial charge < -0.3 is 4.74 Å². The standard InChI is InChI=1S/C13H17NO3S/c1-3-4-10-17-11-9-14-18(15,16)13-7-5-12(2)6-8-13/h4-8,14H,1,9-11H2,2H3. The van der Waals surface area contributed by atoms with E-state index < -0.39 is 10.0 Å². The monoisotopic (exact) mass is 267 g/mol. The molecule has 0 heterocycles. The van der Waals surface area contributed by atoms with Crippen LogP contribution in [0.4, 0.5) is 0 Å². The van der Waals surface area contributed by atoms with Crippen LogP contribution in [-0.4, -0.2) is 28.2 Å². The summed E-state index contributed by atoms with van der Waals surface area (Å²) >= 11 is 0. The molecule has 0 aromatic heterocycles. The van der Waals surface area contributed by atoms with E-state index in [-0.39, 0.29) is 11.4 Å². The lowest BCUT2D eigenvalue weighted by molar-refractivity contribution is 0.168. The van der Waals surface area contributed by atoms with E-state index in [2.05, 4.69) is 17.0 Å². The molecule has 5 heteroatoms. The number of hydrogen-bond donors (Lipinski definition) is 1. The van der Waals surface area contributed by atoms with Gasteiger partial charge in [0.05, 0.1) is 18.1 Å². The van der Waals surface area contributed by atoms with E-state index in [9.17, 15) is 8.42 Å². The number of benzene rings is 1. The fourth-order valence-corrected chi connectivity index (χ4v) is 2.26. The first-order chi connectivity index (χ1) is 8.56. The van der Waals surface area contributed by atoms with E-state index in [0.29, 0.717) is 13.2 Å². The Bertz CT molecular complexity index is 514. The van der Waals surface area contributed by atoms with Gasteiger partial charge in [-0.25, -0.2) is 13.1 Å². The van der Waals surface area contributed by atoms with Crippen LogP contribution >= 0.6 is 0 Å². The van der Waals surface area contributed by atoms with Crippen LogP contribution in [0, 0.1) is 6.92 Å². The van der Waals surface area contributed by atoms with Crippen LogP contribution in [0.5, 0.6) is 0 Å². The zero-order chi connectivity index (χ0) is 13.4. The molecule has 0 unspecified atom stereocenters. The zero-order valence-electron chi connectivity index (χ0n) is 10.3. The molecule has 0 aliphatic carbocycles. The molecule has 0 saturated carbocycles. The molecule has 1 N–H and O–H groups in total. The van der Waals surface area contributed by atoms with E-state index in [1.54, 1.807) is 30.3 Å². The Morgan fingerprint density at radius 1 is 1.39 bits per heavy atom. The van der Waals surface area contributed by atoms with Crippen molar-refractivity contribution in [2.75, 3.05) is 19.8 Å². The van der Waals surface area contributed by atoms with Gasteiger partial charge in [-0.1, -0.05) is 24.3 Å². The number of nitrogens with one attached hydrogen (secondary N) is 1. The first-order valence-electron chi connectivity index (χ1n) is 5.54. The van der Waals surface area contributed by atoms with Gasteiger partial charge in [0.15, 0.2) is 0 Å². The first kappa shape index (κ1) is 14.7. The van der Waals surface area contributed by atoms with Crippen molar-refractivity contribution in [1.82, 2.24) is 4.72 Å². The average molecular weight is 267 g/mol. The summed E-state index contributed by atoms with van der Waals surface area (Å²) in [5.74, 6) is 0. The lowest BCUT2D eigenvalue weighted by Crippen LogP contribution is -2.27. The maximum Gasteiger partial charge on any atom is 0.240 e. The summed E-state index contributed by atoms with van der Waals surface area (Å²) in [4.78, 5) is 0.263. The summed E-state index contributed by atoms with van der Waals surface area (Å²) in [6.45, 7) is 6.23. The fourth-order valence-electron chi connectivity index (χ4n) is 1.25. The molecule has 98 valence electrons. The minimum atomic E-state index is -3.44. The minimum Gasteiger partial charge on any atom is -0.375 e. The first-order valence-corrected chi connectivity index (χ1v) is 7.03. The summed E-state index contributed by atoms with van der Waals surface area (Å²) < 4.78 is 31.3. The molecule has 4 nitrogen and oxygen atoms in total. The van der Waals surface area contributed by atoms with Crippen molar-refractivity contribution in [2.45, 2.75) is 11.8 Å². The Morgan fingerprint density at radius 2 is 2.06 bits per heavy atom. The lowest BCUT2D eigenvalue weighted by atomic mass is 10.2. The topological polar surface area (TPSA) is 55.4 Å². The van der Waals surface area contributed by atoms with Gasteiger partial charge in [0.25, 0.3) is 0 Å². The fraction of sp³-hybridized carbons (Fsp3) is 0.308.